The minimum Gasteiger partial charge on any atom is -0.497 e. The lowest BCUT2D eigenvalue weighted by molar-refractivity contribution is 0.398. The number of aryl methyl sites for hydroxylation is 1. The largest absolute Gasteiger partial charge is 0.497 e. The summed E-state index contributed by atoms with van der Waals surface area (Å²) in [4.78, 5) is 0. The maximum Gasteiger partial charge on any atom is 0.131 e. The summed E-state index contributed by atoms with van der Waals surface area (Å²) in [5.74, 6) is 1.68. The number of nitrogens with zero attached hydrogens (tertiary/aromatic N) is 1. The van der Waals surface area contributed by atoms with Crippen LogP contribution >= 0.6 is 0 Å². The number of hydrogen-bond donors (Lipinski definition) is 0. The van der Waals surface area contributed by atoms with Crippen LogP contribution in [0.5, 0.6) is 11.5 Å². The van der Waals surface area contributed by atoms with Crippen LogP contribution in [0.2, 0.25) is 0 Å². The summed E-state index contributed by atoms with van der Waals surface area (Å²) < 4.78 is 12.7. The number of benzene rings is 1. The first-order valence-corrected chi connectivity index (χ1v) is 5.01. The summed E-state index contributed by atoms with van der Waals surface area (Å²) in [6.07, 6.45) is 2.06. The maximum absolute atomic E-state index is 5.33. The second-order valence-corrected chi connectivity index (χ2v) is 3.36. The molecule has 80 valence electrons. The Morgan fingerprint density at radius 1 is 1.20 bits per heavy atom. The second-order valence-electron chi connectivity index (χ2n) is 3.36. The summed E-state index contributed by atoms with van der Waals surface area (Å²) in [6.45, 7) is 3.06. The van der Waals surface area contributed by atoms with Gasteiger partial charge in [-0.25, -0.2) is 0 Å². The summed E-state index contributed by atoms with van der Waals surface area (Å²) in [7, 11) is 3.34. The lowest BCUT2D eigenvalue weighted by Gasteiger charge is -2.07. The van der Waals surface area contributed by atoms with Gasteiger partial charge >= 0.3 is 0 Å². The van der Waals surface area contributed by atoms with Crippen molar-refractivity contribution < 1.29 is 9.47 Å². The van der Waals surface area contributed by atoms with Crippen molar-refractivity contribution in [2.75, 3.05) is 14.2 Å². The van der Waals surface area contributed by atoms with E-state index in [1.165, 1.54) is 0 Å². The highest BCUT2D eigenvalue weighted by Gasteiger charge is 2.08. The molecule has 2 aromatic rings. The van der Waals surface area contributed by atoms with Crippen LogP contribution in [0.25, 0.3) is 10.9 Å². The Hall–Kier alpha value is -1.64. The van der Waals surface area contributed by atoms with Gasteiger partial charge in [0.15, 0.2) is 0 Å². The molecule has 1 aromatic carbocycles. The smallest absolute Gasteiger partial charge is 0.131 e. The Bertz CT molecular complexity index is 474. The molecule has 0 aliphatic rings. The standard InChI is InChI=1S/C12H15NO2/c1-4-13-6-5-10-11(13)7-9(14-2)8-12(10)15-3/h5-8H,4H2,1-3H3. The average Bonchev–Trinajstić information content (AvgIpc) is 2.70. The zero-order valence-electron chi connectivity index (χ0n) is 9.28. The molecular formula is C12H15NO2. The molecule has 3 heteroatoms. The van der Waals surface area contributed by atoms with Crippen LogP contribution in [0.4, 0.5) is 0 Å². The quantitative estimate of drug-likeness (QED) is 0.769. The van der Waals surface area contributed by atoms with Crippen molar-refractivity contribution in [2.45, 2.75) is 13.5 Å². The van der Waals surface area contributed by atoms with E-state index in [-0.39, 0.29) is 0 Å². The number of methoxy groups -OCH3 is 2. The maximum atomic E-state index is 5.33. The highest BCUT2D eigenvalue weighted by molar-refractivity contribution is 5.88. The molecule has 0 saturated heterocycles. The van der Waals surface area contributed by atoms with E-state index in [1.807, 2.05) is 12.1 Å². The van der Waals surface area contributed by atoms with Crippen LogP contribution in [-0.2, 0) is 6.54 Å². The minimum absolute atomic E-state index is 0.827. The molecule has 2 rings (SSSR count). The Balaban J connectivity index is 2.71. The Morgan fingerprint density at radius 2 is 2.00 bits per heavy atom. The zero-order valence-corrected chi connectivity index (χ0v) is 9.28. The van der Waals surface area contributed by atoms with Gasteiger partial charge in [0, 0.05) is 30.3 Å². The topological polar surface area (TPSA) is 23.4 Å². The van der Waals surface area contributed by atoms with Gasteiger partial charge in [-0.15, -0.1) is 0 Å². The molecule has 3 nitrogen and oxygen atoms in total. The van der Waals surface area contributed by atoms with E-state index in [2.05, 4.69) is 23.8 Å². The fourth-order valence-corrected chi connectivity index (χ4v) is 1.80. The van der Waals surface area contributed by atoms with E-state index in [0.29, 0.717) is 0 Å². The van der Waals surface area contributed by atoms with Crippen LogP contribution in [0.15, 0.2) is 24.4 Å². The van der Waals surface area contributed by atoms with Gasteiger partial charge in [0.25, 0.3) is 0 Å². The minimum atomic E-state index is 0.827. The highest BCUT2D eigenvalue weighted by atomic mass is 16.5. The van der Waals surface area contributed by atoms with Gasteiger partial charge in [0.05, 0.1) is 19.7 Å². The third kappa shape index (κ3) is 1.54. The van der Waals surface area contributed by atoms with Crippen molar-refractivity contribution >= 4 is 10.9 Å². The Morgan fingerprint density at radius 3 is 2.60 bits per heavy atom. The van der Waals surface area contributed by atoms with E-state index >= 15 is 0 Å². The summed E-state index contributed by atoms with van der Waals surface area (Å²) >= 11 is 0. The molecule has 1 aromatic heterocycles. The van der Waals surface area contributed by atoms with Crippen molar-refractivity contribution in [3.05, 3.63) is 24.4 Å². The van der Waals surface area contributed by atoms with Crippen molar-refractivity contribution in [1.29, 1.82) is 0 Å². The zero-order chi connectivity index (χ0) is 10.8. The van der Waals surface area contributed by atoms with Gasteiger partial charge in [0.1, 0.15) is 11.5 Å². The predicted molar refractivity (Wildman–Crippen MR) is 60.7 cm³/mol. The Labute approximate surface area is 89.2 Å². The number of ether oxygens (including phenoxy) is 2. The van der Waals surface area contributed by atoms with Crippen LogP contribution in [0.1, 0.15) is 6.92 Å². The number of aromatic nitrogens is 1. The molecule has 0 unspecified atom stereocenters. The molecule has 0 N–H and O–H groups in total. The van der Waals surface area contributed by atoms with Gasteiger partial charge in [-0.2, -0.15) is 0 Å². The Kier molecular flexibility index (Phi) is 2.54. The lowest BCUT2D eigenvalue weighted by Crippen LogP contribution is -1.93. The third-order valence-corrected chi connectivity index (χ3v) is 2.62. The predicted octanol–water partition coefficient (Wildman–Crippen LogP) is 2.68. The fourth-order valence-electron chi connectivity index (χ4n) is 1.80. The molecule has 0 bridgehead atoms. The number of rotatable bonds is 3. The van der Waals surface area contributed by atoms with Crippen molar-refractivity contribution in [3.63, 3.8) is 0 Å². The van der Waals surface area contributed by atoms with Gasteiger partial charge in [-0.05, 0) is 13.0 Å². The molecular weight excluding hydrogens is 190 g/mol. The summed E-state index contributed by atoms with van der Waals surface area (Å²) in [6, 6.07) is 6.00. The van der Waals surface area contributed by atoms with Crippen LogP contribution in [0, 0.1) is 0 Å². The molecule has 0 atom stereocenters. The van der Waals surface area contributed by atoms with Gasteiger partial charge < -0.3 is 14.0 Å². The first-order valence-electron chi connectivity index (χ1n) is 5.01. The normalized spacial score (nSPS) is 10.6. The van der Waals surface area contributed by atoms with Gasteiger partial charge in [0.2, 0.25) is 0 Å². The SMILES string of the molecule is CCn1ccc2c(OC)cc(OC)cc21. The van der Waals surface area contributed by atoms with E-state index < -0.39 is 0 Å². The number of fused-ring (bicyclic) bond motifs is 1. The molecule has 15 heavy (non-hydrogen) atoms. The lowest BCUT2D eigenvalue weighted by atomic mass is 10.2. The van der Waals surface area contributed by atoms with Crippen LogP contribution < -0.4 is 9.47 Å². The molecule has 0 spiro atoms. The number of hydrogen-bond acceptors (Lipinski definition) is 2. The van der Waals surface area contributed by atoms with Crippen LogP contribution in [0.3, 0.4) is 0 Å². The monoisotopic (exact) mass is 205 g/mol. The van der Waals surface area contributed by atoms with Gasteiger partial charge in [-0.3, -0.25) is 0 Å². The fraction of sp³-hybridized carbons (Fsp3) is 0.333. The molecule has 0 fully saturated rings. The summed E-state index contributed by atoms with van der Waals surface area (Å²) in [5, 5.41) is 1.13. The summed E-state index contributed by atoms with van der Waals surface area (Å²) in [5.41, 5.74) is 1.15. The molecule has 0 amide bonds. The van der Waals surface area contributed by atoms with E-state index in [4.69, 9.17) is 9.47 Å². The van der Waals surface area contributed by atoms with Crippen LogP contribution in [-0.4, -0.2) is 18.8 Å². The molecule has 0 aliphatic heterocycles. The molecule has 1 heterocycles. The molecule has 0 aliphatic carbocycles. The second kappa shape index (κ2) is 3.85. The van der Waals surface area contributed by atoms with Gasteiger partial charge in [-0.1, -0.05) is 0 Å². The van der Waals surface area contributed by atoms with Crippen molar-refractivity contribution in [1.82, 2.24) is 4.57 Å². The first kappa shape index (κ1) is 9.90. The first-order chi connectivity index (χ1) is 7.30. The van der Waals surface area contributed by atoms with E-state index in [9.17, 15) is 0 Å². The van der Waals surface area contributed by atoms with Crippen molar-refractivity contribution in [2.24, 2.45) is 0 Å². The highest BCUT2D eigenvalue weighted by Crippen LogP contribution is 2.31. The van der Waals surface area contributed by atoms with Crippen molar-refractivity contribution in [3.8, 4) is 11.5 Å². The average molecular weight is 205 g/mol. The molecule has 0 saturated carbocycles. The third-order valence-electron chi connectivity index (χ3n) is 2.62. The van der Waals surface area contributed by atoms with E-state index in [0.717, 1.165) is 28.9 Å². The molecule has 0 radical (unpaired) electrons. The van der Waals surface area contributed by atoms with E-state index in [1.54, 1.807) is 14.2 Å².